The summed E-state index contributed by atoms with van der Waals surface area (Å²) < 4.78 is 18.9. The predicted octanol–water partition coefficient (Wildman–Crippen LogP) is 4.98. The summed E-state index contributed by atoms with van der Waals surface area (Å²) in [5, 5.41) is 8.56. The van der Waals surface area contributed by atoms with Crippen LogP contribution in [0.3, 0.4) is 0 Å². The van der Waals surface area contributed by atoms with Gasteiger partial charge in [0.25, 0.3) is 0 Å². The van der Waals surface area contributed by atoms with E-state index in [9.17, 15) is 2.74 Å². The van der Waals surface area contributed by atoms with Gasteiger partial charge in [-0.1, -0.05) is 121 Å². The molecule has 160 valence electrons. The van der Waals surface area contributed by atoms with Crippen LogP contribution < -0.4 is 26.5 Å². The van der Waals surface area contributed by atoms with Crippen LogP contribution in [0.25, 0.3) is 0 Å². The normalized spacial score (nSPS) is 19.7. The molecule has 1 heterocycles. The van der Waals surface area contributed by atoms with Gasteiger partial charge in [-0.05, 0) is 49.6 Å². The molecule has 0 bridgehead atoms. The standard InChI is InChI=1S/C29H29NP2/c1-5-13-25(14-6-1)31(26-15-7-2-8-16-26)23-24-21-29(22-30-24)32(27-17-9-3-10-18-27)28-19-11-4-12-20-28/h1-20,24,29-30H,21-23H2/t24-,29-/m0/s1/i23D2. The van der Waals surface area contributed by atoms with Crippen molar-refractivity contribution in [2.24, 2.45) is 0 Å². The molecule has 4 aromatic rings. The van der Waals surface area contributed by atoms with E-state index in [-0.39, 0.29) is 6.04 Å². The number of benzene rings is 4. The van der Waals surface area contributed by atoms with Crippen molar-refractivity contribution >= 4 is 37.1 Å². The van der Waals surface area contributed by atoms with Crippen LogP contribution in [0.1, 0.15) is 9.16 Å². The minimum Gasteiger partial charge on any atom is -0.313 e. The van der Waals surface area contributed by atoms with Crippen molar-refractivity contribution < 1.29 is 2.74 Å². The van der Waals surface area contributed by atoms with Crippen molar-refractivity contribution in [1.29, 1.82) is 0 Å². The van der Waals surface area contributed by atoms with Crippen molar-refractivity contribution in [3.05, 3.63) is 121 Å². The fourth-order valence-corrected chi connectivity index (χ4v) is 9.25. The summed E-state index contributed by atoms with van der Waals surface area (Å²) in [6.07, 6.45) is -0.540. The Morgan fingerprint density at radius 3 is 1.47 bits per heavy atom. The summed E-state index contributed by atoms with van der Waals surface area (Å²) in [4.78, 5) is 0. The molecule has 0 spiro atoms. The predicted molar refractivity (Wildman–Crippen MR) is 143 cm³/mol. The van der Waals surface area contributed by atoms with Crippen LogP contribution in [0.15, 0.2) is 121 Å². The van der Waals surface area contributed by atoms with E-state index in [2.05, 4.69) is 90.2 Å². The fraction of sp³-hybridized carbons (Fsp3) is 0.172. The number of nitrogens with one attached hydrogen (secondary N) is 1. The maximum Gasteiger partial charge on any atom is 0.0338 e. The molecule has 0 aliphatic carbocycles. The van der Waals surface area contributed by atoms with Crippen LogP contribution >= 0.6 is 15.8 Å². The monoisotopic (exact) mass is 455 g/mol. The largest absolute Gasteiger partial charge is 0.313 e. The molecule has 5 rings (SSSR count). The van der Waals surface area contributed by atoms with Gasteiger partial charge in [0.05, 0.1) is 0 Å². The zero-order chi connectivity index (χ0) is 23.4. The van der Waals surface area contributed by atoms with Gasteiger partial charge in [-0.25, -0.2) is 0 Å². The zero-order valence-electron chi connectivity index (χ0n) is 20.0. The summed E-state index contributed by atoms with van der Waals surface area (Å²) in [5.41, 5.74) is 0.392. The molecule has 1 N–H and O–H groups in total. The lowest BCUT2D eigenvalue weighted by atomic mass is 10.2. The fourth-order valence-electron chi connectivity index (χ4n) is 4.37. The third-order valence-corrected chi connectivity index (χ3v) is 10.9. The SMILES string of the molecule is [2H]C([2H])([C@@H]1C[C@H](P(c2ccccc2)c2ccccc2)CN1)P(c1ccccc1)c1ccccc1. The van der Waals surface area contributed by atoms with E-state index in [1.54, 1.807) is 0 Å². The highest BCUT2D eigenvalue weighted by Gasteiger charge is 2.33. The second-order valence-electron chi connectivity index (χ2n) is 8.03. The van der Waals surface area contributed by atoms with E-state index in [1.807, 2.05) is 36.4 Å². The molecule has 4 aromatic carbocycles. The minimum atomic E-state index is -1.37. The first kappa shape index (κ1) is 19.2. The Hall–Kier alpha value is -2.30. The average molecular weight is 456 g/mol. The Bertz CT molecular complexity index is 1090. The molecular formula is C29H29NP2. The van der Waals surface area contributed by atoms with E-state index in [0.717, 1.165) is 23.6 Å². The van der Waals surface area contributed by atoms with Gasteiger partial charge in [0, 0.05) is 21.0 Å². The van der Waals surface area contributed by atoms with Crippen molar-refractivity contribution in [2.45, 2.75) is 18.1 Å². The van der Waals surface area contributed by atoms with Gasteiger partial charge in [0.1, 0.15) is 0 Å². The van der Waals surface area contributed by atoms with Gasteiger partial charge in [0.2, 0.25) is 0 Å². The maximum atomic E-state index is 9.44. The van der Waals surface area contributed by atoms with Gasteiger partial charge in [-0.2, -0.15) is 0 Å². The van der Waals surface area contributed by atoms with Crippen molar-refractivity contribution in [3.8, 4) is 0 Å². The number of rotatable bonds is 7. The first-order valence-electron chi connectivity index (χ1n) is 12.2. The van der Waals surface area contributed by atoms with Crippen LogP contribution in [0, 0.1) is 0 Å². The molecule has 1 aliphatic heterocycles. The van der Waals surface area contributed by atoms with Crippen LogP contribution in [0.4, 0.5) is 0 Å². The summed E-state index contributed by atoms with van der Waals surface area (Å²) in [6, 6.07) is 41.9. The maximum absolute atomic E-state index is 9.44. The molecule has 2 atom stereocenters. The van der Waals surface area contributed by atoms with Crippen LogP contribution in [0.2, 0.25) is 0 Å². The Morgan fingerprint density at radius 1 is 0.625 bits per heavy atom. The Labute approximate surface area is 197 Å². The molecule has 3 heteroatoms. The smallest absolute Gasteiger partial charge is 0.0338 e. The summed E-state index contributed by atoms with van der Waals surface area (Å²) >= 11 is 0. The lowest BCUT2D eigenvalue weighted by Crippen LogP contribution is -2.28. The average Bonchev–Trinajstić information content (AvgIpc) is 3.38. The quantitative estimate of drug-likeness (QED) is 0.388. The Morgan fingerprint density at radius 2 is 1.03 bits per heavy atom. The second kappa shape index (κ2) is 10.5. The molecule has 1 nitrogen and oxygen atoms in total. The third-order valence-electron chi connectivity index (χ3n) is 5.86. The summed E-state index contributed by atoms with van der Waals surface area (Å²) in [6.45, 7) is 0.840. The zero-order valence-corrected chi connectivity index (χ0v) is 19.8. The van der Waals surface area contributed by atoms with Crippen molar-refractivity contribution in [1.82, 2.24) is 5.32 Å². The van der Waals surface area contributed by atoms with E-state index in [0.29, 0.717) is 5.66 Å². The van der Waals surface area contributed by atoms with Gasteiger partial charge < -0.3 is 5.32 Å². The third kappa shape index (κ3) is 5.02. The van der Waals surface area contributed by atoms with Crippen molar-refractivity contribution in [3.63, 3.8) is 0 Å². The van der Waals surface area contributed by atoms with Crippen LogP contribution in [-0.4, -0.2) is 24.4 Å². The summed E-state index contributed by atoms with van der Waals surface area (Å²) in [5.74, 6) is 0. The molecule has 1 aliphatic rings. The van der Waals surface area contributed by atoms with Crippen LogP contribution in [-0.2, 0) is 0 Å². The Balaban J connectivity index is 1.47. The molecule has 0 unspecified atom stereocenters. The van der Waals surface area contributed by atoms with Crippen molar-refractivity contribution in [2.75, 3.05) is 12.7 Å². The first-order chi connectivity index (χ1) is 16.6. The molecule has 32 heavy (non-hydrogen) atoms. The molecule has 1 fully saturated rings. The van der Waals surface area contributed by atoms with E-state index in [1.165, 1.54) is 10.6 Å². The summed E-state index contributed by atoms with van der Waals surface area (Å²) in [7, 11) is -1.75. The lowest BCUT2D eigenvalue weighted by Gasteiger charge is -2.26. The highest BCUT2D eigenvalue weighted by Crippen LogP contribution is 2.45. The van der Waals surface area contributed by atoms with Gasteiger partial charge in [-0.15, -0.1) is 0 Å². The lowest BCUT2D eigenvalue weighted by molar-refractivity contribution is 0.672. The molecule has 0 amide bonds. The molecule has 0 saturated carbocycles. The Kier molecular flexibility index (Phi) is 6.32. The highest BCUT2D eigenvalue weighted by atomic mass is 31.1. The first-order valence-corrected chi connectivity index (χ1v) is 13.9. The van der Waals surface area contributed by atoms with E-state index in [4.69, 9.17) is 0 Å². The molecular weight excluding hydrogens is 424 g/mol. The van der Waals surface area contributed by atoms with Gasteiger partial charge >= 0.3 is 0 Å². The highest BCUT2D eigenvalue weighted by molar-refractivity contribution is 7.74. The molecule has 0 radical (unpaired) electrons. The number of hydrogen-bond donors (Lipinski definition) is 1. The molecule has 1 saturated heterocycles. The number of hydrogen-bond acceptors (Lipinski definition) is 1. The van der Waals surface area contributed by atoms with E-state index < -0.39 is 22.0 Å². The van der Waals surface area contributed by atoms with Gasteiger partial charge in [0.15, 0.2) is 0 Å². The van der Waals surface area contributed by atoms with Gasteiger partial charge in [-0.3, -0.25) is 0 Å². The second-order valence-corrected chi connectivity index (χ2v) is 12.5. The van der Waals surface area contributed by atoms with E-state index >= 15 is 0 Å². The molecule has 0 aromatic heterocycles. The minimum absolute atomic E-state index is 0.193. The topological polar surface area (TPSA) is 12.0 Å². The van der Waals surface area contributed by atoms with Crippen LogP contribution in [0.5, 0.6) is 0 Å².